The van der Waals surface area contributed by atoms with Crippen molar-refractivity contribution in [1.29, 1.82) is 0 Å². The van der Waals surface area contributed by atoms with Crippen molar-refractivity contribution in [1.82, 2.24) is 0 Å². The van der Waals surface area contributed by atoms with Gasteiger partial charge >= 0.3 is 6.11 Å². The minimum absolute atomic E-state index is 0.0194. The van der Waals surface area contributed by atoms with E-state index in [-0.39, 0.29) is 34.8 Å². The molecule has 0 radical (unpaired) electrons. The van der Waals surface area contributed by atoms with Crippen LogP contribution in [0.5, 0.6) is 11.5 Å². The maximum atomic E-state index is 14.8. The molecule has 0 atom stereocenters. The van der Waals surface area contributed by atoms with E-state index >= 15 is 0 Å². The van der Waals surface area contributed by atoms with Crippen molar-refractivity contribution in [3.63, 3.8) is 0 Å². The molecule has 7 heteroatoms. The number of hydrogen-bond donors (Lipinski definition) is 0. The summed E-state index contributed by atoms with van der Waals surface area (Å²) >= 11 is 0. The summed E-state index contributed by atoms with van der Waals surface area (Å²) in [4.78, 5) is 0. The van der Waals surface area contributed by atoms with E-state index in [1.165, 1.54) is 12.1 Å². The van der Waals surface area contributed by atoms with Gasteiger partial charge in [-0.1, -0.05) is 25.7 Å². The van der Waals surface area contributed by atoms with Gasteiger partial charge in [0.05, 0.1) is 13.0 Å². The Morgan fingerprint density at radius 3 is 2.14 bits per heavy atom. The molecule has 2 aromatic carbocycles. The van der Waals surface area contributed by atoms with Gasteiger partial charge in [-0.15, -0.1) is 0 Å². The van der Waals surface area contributed by atoms with Gasteiger partial charge in [-0.05, 0) is 37.1 Å². The van der Waals surface area contributed by atoms with Gasteiger partial charge in [0.1, 0.15) is 0 Å². The molecule has 0 bridgehead atoms. The second-order valence-corrected chi connectivity index (χ2v) is 7.14. The lowest BCUT2D eigenvalue weighted by molar-refractivity contribution is -0.189. The Morgan fingerprint density at radius 1 is 0.964 bits per heavy atom. The molecule has 0 amide bonds. The van der Waals surface area contributed by atoms with Crippen LogP contribution in [0.4, 0.5) is 17.6 Å². The predicted octanol–water partition coefficient (Wildman–Crippen LogP) is 6.81. The first-order valence-corrected chi connectivity index (χ1v) is 9.42. The fourth-order valence-electron chi connectivity index (χ4n) is 3.90. The van der Waals surface area contributed by atoms with E-state index in [9.17, 15) is 17.6 Å². The third-order valence-electron chi connectivity index (χ3n) is 5.18. The second-order valence-electron chi connectivity index (χ2n) is 7.14. The molecule has 1 fully saturated rings. The lowest BCUT2D eigenvalue weighted by Crippen LogP contribution is -2.27. The quantitative estimate of drug-likeness (QED) is 0.429. The average molecular weight is 396 g/mol. The van der Waals surface area contributed by atoms with Crippen LogP contribution >= 0.6 is 0 Å². The molecule has 0 unspecified atom stereocenters. The maximum Gasteiger partial charge on any atom is 0.398 e. The highest BCUT2D eigenvalue weighted by Gasteiger charge is 2.37. The number of halogens is 4. The van der Waals surface area contributed by atoms with E-state index in [1.54, 1.807) is 13.0 Å². The first-order valence-electron chi connectivity index (χ1n) is 9.42. The van der Waals surface area contributed by atoms with Crippen molar-refractivity contribution >= 4 is 21.9 Å². The molecular weight excluding hydrogens is 376 g/mol. The monoisotopic (exact) mass is 396 g/mol. The average Bonchev–Trinajstić information content (AvgIpc) is 3.27. The van der Waals surface area contributed by atoms with Crippen molar-refractivity contribution in [3.8, 4) is 11.5 Å². The fourth-order valence-corrected chi connectivity index (χ4v) is 3.90. The highest BCUT2D eigenvalue weighted by atomic mass is 19.3. The third-order valence-corrected chi connectivity index (χ3v) is 5.18. The van der Waals surface area contributed by atoms with Crippen molar-refractivity contribution < 1.29 is 31.5 Å². The van der Waals surface area contributed by atoms with Crippen LogP contribution in [0.1, 0.15) is 39.0 Å². The van der Waals surface area contributed by atoms with Gasteiger partial charge < -0.3 is 13.9 Å². The normalized spacial score (nSPS) is 15.6. The standard InChI is InChI=1S/C21H20F4O3/c1-2-26-15-9-7-13-14-8-10-16(18(23)20(14)27-19(13)17(15)22)28-21(24,25)11-12-5-3-4-6-12/h7-10,12H,2-6,11H2,1H3. The van der Waals surface area contributed by atoms with Gasteiger partial charge in [0.15, 0.2) is 22.7 Å². The largest absolute Gasteiger partial charge is 0.491 e. The molecule has 4 rings (SSSR count). The number of fused-ring (bicyclic) bond motifs is 3. The lowest BCUT2D eigenvalue weighted by Gasteiger charge is -2.21. The lowest BCUT2D eigenvalue weighted by atomic mass is 10.0. The van der Waals surface area contributed by atoms with Crippen LogP contribution in [0.15, 0.2) is 28.7 Å². The number of rotatable bonds is 6. The van der Waals surface area contributed by atoms with E-state index in [1.807, 2.05) is 0 Å². The second kappa shape index (κ2) is 7.18. The molecular formula is C21H20F4O3. The van der Waals surface area contributed by atoms with Gasteiger partial charge in [0.2, 0.25) is 11.6 Å². The van der Waals surface area contributed by atoms with Gasteiger partial charge in [0, 0.05) is 10.8 Å². The Morgan fingerprint density at radius 2 is 1.54 bits per heavy atom. The smallest absolute Gasteiger partial charge is 0.398 e. The Bertz CT molecular complexity index is 1010. The van der Waals surface area contributed by atoms with E-state index in [0.717, 1.165) is 31.7 Å². The van der Waals surface area contributed by atoms with Crippen LogP contribution in [0.3, 0.4) is 0 Å². The summed E-state index contributed by atoms with van der Waals surface area (Å²) in [6.45, 7) is 1.96. The Kier molecular flexibility index (Phi) is 4.85. The van der Waals surface area contributed by atoms with Crippen LogP contribution in [0, 0.1) is 17.6 Å². The minimum Gasteiger partial charge on any atom is -0.491 e. The maximum absolute atomic E-state index is 14.8. The summed E-state index contributed by atoms with van der Waals surface area (Å²) in [5.74, 6) is -2.59. The summed E-state index contributed by atoms with van der Waals surface area (Å²) in [7, 11) is 0. The zero-order valence-electron chi connectivity index (χ0n) is 15.4. The first kappa shape index (κ1) is 18.9. The molecule has 1 aliphatic rings. The third kappa shape index (κ3) is 3.38. The Balaban J connectivity index is 1.70. The minimum atomic E-state index is -3.48. The summed E-state index contributed by atoms with van der Waals surface area (Å²) in [6.07, 6.45) is -0.623. The van der Waals surface area contributed by atoms with Crippen LogP contribution in [-0.4, -0.2) is 12.7 Å². The number of benzene rings is 2. The molecule has 1 saturated carbocycles. The van der Waals surface area contributed by atoms with Crippen molar-refractivity contribution in [2.75, 3.05) is 6.61 Å². The molecule has 150 valence electrons. The molecule has 1 aliphatic carbocycles. The molecule has 0 saturated heterocycles. The highest BCUT2D eigenvalue weighted by Crippen LogP contribution is 2.40. The SMILES string of the molecule is CCOc1ccc2c(oc3c(F)c(OC(F)(F)CC4CCCC4)ccc32)c1F. The van der Waals surface area contributed by atoms with E-state index < -0.39 is 29.9 Å². The molecule has 0 spiro atoms. The molecule has 1 heterocycles. The molecule has 28 heavy (non-hydrogen) atoms. The zero-order chi connectivity index (χ0) is 19.9. The van der Waals surface area contributed by atoms with Crippen LogP contribution < -0.4 is 9.47 Å². The van der Waals surface area contributed by atoms with Gasteiger partial charge in [0.25, 0.3) is 0 Å². The summed E-state index contributed by atoms with van der Waals surface area (Å²) in [5, 5.41) is 0.611. The molecule has 3 aromatic rings. The van der Waals surface area contributed by atoms with Gasteiger partial charge in [-0.25, -0.2) is 0 Å². The van der Waals surface area contributed by atoms with E-state index in [0.29, 0.717) is 5.39 Å². The number of furan rings is 1. The highest BCUT2D eigenvalue weighted by molar-refractivity contribution is 6.06. The molecule has 3 nitrogen and oxygen atoms in total. The summed E-state index contributed by atoms with van der Waals surface area (Å²) < 4.78 is 73.1. The van der Waals surface area contributed by atoms with Crippen LogP contribution in [0.25, 0.3) is 21.9 Å². The topological polar surface area (TPSA) is 31.6 Å². The predicted molar refractivity (Wildman–Crippen MR) is 97.0 cm³/mol. The summed E-state index contributed by atoms with van der Waals surface area (Å²) in [5.41, 5.74) is -0.508. The molecule has 0 N–H and O–H groups in total. The molecule has 0 aliphatic heterocycles. The Hall–Kier alpha value is -2.44. The zero-order valence-corrected chi connectivity index (χ0v) is 15.4. The van der Waals surface area contributed by atoms with E-state index in [2.05, 4.69) is 0 Å². The number of hydrogen-bond acceptors (Lipinski definition) is 3. The number of ether oxygens (including phenoxy) is 2. The van der Waals surface area contributed by atoms with Gasteiger partial charge in [-0.3, -0.25) is 0 Å². The van der Waals surface area contributed by atoms with E-state index in [4.69, 9.17) is 13.9 Å². The summed E-state index contributed by atoms with van der Waals surface area (Å²) in [6, 6.07) is 5.49. The van der Waals surface area contributed by atoms with Crippen molar-refractivity contribution in [3.05, 3.63) is 35.9 Å². The number of alkyl halides is 2. The first-order chi connectivity index (χ1) is 13.4. The van der Waals surface area contributed by atoms with Gasteiger partial charge in [-0.2, -0.15) is 17.6 Å². The molecule has 1 aromatic heterocycles. The van der Waals surface area contributed by atoms with Crippen LogP contribution in [-0.2, 0) is 0 Å². The van der Waals surface area contributed by atoms with Crippen molar-refractivity contribution in [2.45, 2.75) is 45.1 Å². The van der Waals surface area contributed by atoms with Crippen LogP contribution in [0.2, 0.25) is 0 Å². The van der Waals surface area contributed by atoms with Crippen molar-refractivity contribution in [2.24, 2.45) is 5.92 Å². The Labute approximate surface area is 159 Å². The fraction of sp³-hybridized carbons (Fsp3) is 0.429.